The van der Waals surface area contributed by atoms with Crippen LogP contribution in [0.15, 0.2) is 13.7 Å². The van der Waals surface area contributed by atoms with Gasteiger partial charge in [0, 0.05) is 0 Å². The summed E-state index contributed by atoms with van der Waals surface area (Å²) < 4.78 is 8.67. The van der Waals surface area contributed by atoms with Crippen molar-refractivity contribution in [1.29, 1.82) is 0 Å². The van der Waals surface area contributed by atoms with Gasteiger partial charge >= 0.3 is 5.97 Å². The van der Waals surface area contributed by atoms with Crippen LogP contribution in [0.5, 0.6) is 0 Å². The van der Waals surface area contributed by atoms with E-state index in [4.69, 9.17) is 4.74 Å². The van der Waals surface area contributed by atoms with Crippen molar-refractivity contribution in [3.05, 3.63) is 13.7 Å². The van der Waals surface area contributed by atoms with Gasteiger partial charge in [0.25, 0.3) is 0 Å². The molecule has 0 saturated heterocycles. The zero-order valence-electron chi connectivity index (χ0n) is 7.76. The number of hydrogen-bond acceptors (Lipinski definition) is 3. The largest absolute Gasteiger partial charge is 0.467 e. The van der Waals surface area contributed by atoms with E-state index in [-0.39, 0.29) is 5.97 Å². The maximum Gasteiger partial charge on any atom is 0.333 e. The molecule has 0 unspecified atom stereocenters. The number of esters is 1. The van der Waals surface area contributed by atoms with Gasteiger partial charge in [-0.2, -0.15) is 5.10 Å². The van der Waals surface area contributed by atoms with Crippen molar-refractivity contribution in [3.8, 4) is 0 Å². The molecule has 0 N–H and O–H groups in total. The number of carbonyl (C=O) groups excluding carboxylic acids is 1. The summed E-state index contributed by atoms with van der Waals surface area (Å²) in [6, 6.07) is 0. The number of methoxy groups -OCH3 is 1. The highest BCUT2D eigenvalue weighted by molar-refractivity contribution is 9.14. The lowest BCUT2D eigenvalue weighted by Gasteiger charge is -2.14. The Hall–Kier alpha value is 0.120. The molecule has 0 aromatic carbocycles. The Morgan fingerprint density at radius 2 is 2.07 bits per heavy atom. The highest BCUT2D eigenvalue weighted by Crippen LogP contribution is 2.48. The van der Waals surface area contributed by atoms with Crippen LogP contribution in [0, 0.1) is 0 Å². The van der Waals surface area contributed by atoms with E-state index >= 15 is 0 Å². The third-order valence-corrected chi connectivity index (χ3v) is 5.53. The van der Waals surface area contributed by atoms with Crippen molar-refractivity contribution < 1.29 is 9.53 Å². The van der Waals surface area contributed by atoms with Crippen LogP contribution < -0.4 is 0 Å². The van der Waals surface area contributed by atoms with Crippen molar-refractivity contribution >= 4 is 53.8 Å². The van der Waals surface area contributed by atoms with Crippen LogP contribution in [-0.2, 0) is 15.1 Å². The molecular formula is C8H7Br3N2O2. The number of halogens is 3. The summed E-state index contributed by atoms with van der Waals surface area (Å²) in [6.45, 7) is 0. The number of rotatable bonds is 2. The van der Waals surface area contributed by atoms with Crippen molar-refractivity contribution in [2.24, 2.45) is 0 Å². The van der Waals surface area contributed by atoms with Gasteiger partial charge in [0.2, 0.25) is 0 Å². The SMILES string of the molecule is COC(=O)C1(n2nc(Br)c(Br)c2Br)CC1. The molecule has 1 saturated carbocycles. The Kier molecular flexibility index (Phi) is 2.98. The lowest BCUT2D eigenvalue weighted by atomic mass is 10.3. The first-order chi connectivity index (χ1) is 7.03. The fourth-order valence-electron chi connectivity index (χ4n) is 1.45. The van der Waals surface area contributed by atoms with Crippen molar-refractivity contribution in [2.45, 2.75) is 18.4 Å². The van der Waals surface area contributed by atoms with Crippen molar-refractivity contribution in [2.75, 3.05) is 7.11 Å². The van der Waals surface area contributed by atoms with E-state index in [1.165, 1.54) is 7.11 Å². The molecule has 82 valence electrons. The van der Waals surface area contributed by atoms with E-state index in [0.717, 1.165) is 21.9 Å². The minimum atomic E-state index is -0.609. The van der Waals surface area contributed by atoms with Gasteiger partial charge in [-0.3, -0.25) is 0 Å². The molecule has 1 aromatic heterocycles. The van der Waals surface area contributed by atoms with Crippen LogP contribution in [0.4, 0.5) is 0 Å². The van der Waals surface area contributed by atoms with Gasteiger partial charge in [-0.25, -0.2) is 9.48 Å². The van der Waals surface area contributed by atoms with E-state index < -0.39 is 5.54 Å². The summed E-state index contributed by atoms with van der Waals surface area (Å²) in [6.07, 6.45) is 1.53. The van der Waals surface area contributed by atoms with E-state index in [1.54, 1.807) is 4.68 Å². The molecule has 2 rings (SSSR count). The van der Waals surface area contributed by atoms with E-state index in [0.29, 0.717) is 4.60 Å². The zero-order chi connectivity index (χ0) is 11.2. The fourth-order valence-corrected chi connectivity index (χ4v) is 2.91. The van der Waals surface area contributed by atoms with E-state index in [2.05, 4.69) is 52.9 Å². The molecule has 1 aliphatic carbocycles. The molecule has 0 radical (unpaired) electrons. The Labute approximate surface area is 112 Å². The Morgan fingerprint density at radius 3 is 2.40 bits per heavy atom. The second kappa shape index (κ2) is 3.85. The van der Waals surface area contributed by atoms with Gasteiger partial charge in [0.1, 0.15) is 9.21 Å². The van der Waals surface area contributed by atoms with Gasteiger partial charge in [0.05, 0.1) is 11.6 Å². The van der Waals surface area contributed by atoms with Crippen LogP contribution in [0.1, 0.15) is 12.8 Å². The van der Waals surface area contributed by atoms with Gasteiger partial charge in [-0.05, 0) is 60.6 Å². The molecule has 0 atom stereocenters. The lowest BCUT2D eigenvalue weighted by Crippen LogP contribution is -2.30. The third kappa shape index (κ3) is 1.68. The highest BCUT2D eigenvalue weighted by Gasteiger charge is 2.55. The van der Waals surface area contributed by atoms with Crippen molar-refractivity contribution in [3.63, 3.8) is 0 Å². The summed E-state index contributed by atoms with van der Waals surface area (Å²) in [5.74, 6) is -0.245. The summed E-state index contributed by atoms with van der Waals surface area (Å²) in [5.41, 5.74) is -0.609. The molecule has 0 spiro atoms. The van der Waals surface area contributed by atoms with Crippen LogP contribution >= 0.6 is 47.8 Å². The predicted molar refractivity (Wildman–Crippen MR) is 64.6 cm³/mol. The van der Waals surface area contributed by atoms with Crippen LogP contribution in [0.25, 0.3) is 0 Å². The maximum absolute atomic E-state index is 11.6. The standard InChI is InChI=1S/C8H7Br3N2O2/c1-15-7(14)8(2-3-8)13-6(11)4(9)5(10)12-13/h2-3H2,1H3. The molecule has 0 aliphatic heterocycles. The number of ether oxygens (including phenoxy) is 1. The average molecular weight is 403 g/mol. The molecule has 1 heterocycles. The predicted octanol–water partition coefficient (Wildman–Crippen LogP) is 2.83. The molecule has 4 nitrogen and oxygen atoms in total. The molecular weight excluding hydrogens is 396 g/mol. The van der Waals surface area contributed by atoms with Gasteiger partial charge in [0.15, 0.2) is 5.54 Å². The Bertz CT molecular complexity index is 426. The van der Waals surface area contributed by atoms with Crippen LogP contribution in [-0.4, -0.2) is 22.9 Å². The Morgan fingerprint density at radius 1 is 1.47 bits per heavy atom. The van der Waals surface area contributed by atoms with Gasteiger partial charge in [-0.15, -0.1) is 0 Å². The molecule has 15 heavy (non-hydrogen) atoms. The molecule has 1 fully saturated rings. The van der Waals surface area contributed by atoms with Gasteiger partial charge in [-0.1, -0.05) is 0 Å². The molecule has 1 aromatic rings. The topological polar surface area (TPSA) is 44.1 Å². The molecule has 7 heteroatoms. The number of carbonyl (C=O) groups is 1. The molecule has 0 bridgehead atoms. The first-order valence-corrected chi connectivity index (χ1v) is 6.59. The fraction of sp³-hybridized carbons (Fsp3) is 0.500. The van der Waals surface area contributed by atoms with E-state index in [1.807, 2.05) is 0 Å². The first-order valence-electron chi connectivity index (χ1n) is 4.21. The maximum atomic E-state index is 11.6. The normalized spacial score (nSPS) is 17.6. The first kappa shape index (κ1) is 11.6. The highest BCUT2D eigenvalue weighted by atomic mass is 79.9. The summed E-state index contributed by atoms with van der Waals surface area (Å²) in [5, 5.41) is 4.25. The Balaban J connectivity index is 2.46. The quantitative estimate of drug-likeness (QED) is 0.714. The third-order valence-electron chi connectivity index (χ3n) is 2.43. The average Bonchev–Trinajstić information content (AvgIpc) is 2.99. The zero-order valence-corrected chi connectivity index (χ0v) is 12.5. The van der Waals surface area contributed by atoms with Gasteiger partial charge < -0.3 is 4.74 Å². The number of nitrogens with zero attached hydrogens (tertiary/aromatic N) is 2. The number of hydrogen-bond donors (Lipinski definition) is 0. The second-order valence-corrected chi connectivity index (χ2v) is 5.63. The summed E-state index contributed by atoms with van der Waals surface area (Å²) >= 11 is 10.0. The van der Waals surface area contributed by atoms with Crippen molar-refractivity contribution in [1.82, 2.24) is 9.78 Å². The second-order valence-electron chi connectivity index (χ2n) is 3.33. The summed E-state index contributed by atoms with van der Waals surface area (Å²) in [4.78, 5) is 11.6. The van der Waals surface area contributed by atoms with Crippen LogP contribution in [0.2, 0.25) is 0 Å². The summed E-state index contributed by atoms with van der Waals surface area (Å²) in [7, 11) is 1.39. The minimum absolute atomic E-state index is 0.245. The van der Waals surface area contributed by atoms with Crippen LogP contribution in [0.3, 0.4) is 0 Å². The molecule has 0 amide bonds. The minimum Gasteiger partial charge on any atom is -0.467 e. The number of aromatic nitrogens is 2. The monoisotopic (exact) mass is 400 g/mol. The lowest BCUT2D eigenvalue weighted by molar-refractivity contribution is -0.146. The smallest absolute Gasteiger partial charge is 0.333 e. The van der Waals surface area contributed by atoms with E-state index in [9.17, 15) is 4.79 Å². The molecule has 1 aliphatic rings.